The Morgan fingerprint density at radius 1 is 1.35 bits per heavy atom. The molecule has 0 bridgehead atoms. The predicted molar refractivity (Wildman–Crippen MR) is 77.5 cm³/mol. The molecule has 0 atom stereocenters. The minimum atomic E-state index is -0.0552. The van der Waals surface area contributed by atoms with Crippen LogP contribution in [0, 0.1) is 6.92 Å². The largest absolute Gasteiger partial charge is 0.324 e. The van der Waals surface area contributed by atoms with Gasteiger partial charge >= 0.3 is 0 Å². The van der Waals surface area contributed by atoms with Crippen molar-refractivity contribution in [3.63, 3.8) is 0 Å². The van der Waals surface area contributed by atoms with Crippen LogP contribution in [0.15, 0.2) is 12.1 Å². The summed E-state index contributed by atoms with van der Waals surface area (Å²) in [7, 11) is 0. The molecule has 0 spiro atoms. The van der Waals surface area contributed by atoms with Gasteiger partial charge in [-0.05, 0) is 31.4 Å². The fourth-order valence-corrected chi connectivity index (χ4v) is 2.21. The van der Waals surface area contributed by atoms with Gasteiger partial charge in [0, 0.05) is 11.8 Å². The first-order valence-electron chi connectivity index (χ1n) is 5.36. The molecule has 0 radical (unpaired) electrons. The zero-order valence-corrected chi connectivity index (χ0v) is 12.6. The van der Waals surface area contributed by atoms with Crippen molar-refractivity contribution in [2.24, 2.45) is 0 Å². The van der Waals surface area contributed by atoms with Crippen LogP contribution in [-0.4, -0.2) is 11.2 Å². The van der Waals surface area contributed by atoms with Crippen molar-refractivity contribution < 1.29 is 4.79 Å². The molecule has 1 aromatic rings. The maximum Gasteiger partial charge on any atom is 0.224 e. The molecule has 5 heteroatoms. The van der Waals surface area contributed by atoms with Crippen molar-refractivity contribution in [1.82, 2.24) is 0 Å². The van der Waals surface area contributed by atoms with E-state index in [4.69, 9.17) is 23.2 Å². The van der Waals surface area contributed by atoms with E-state index < -0.39 is 0 Å². The molecule has 0 aliphatic heterocycles. The first kappa shape index (κ1) is 14.8. The highest BCUT2D eigenvalue weighted by Gasteiger charge is 2.11. The van der Waals surface area contributed by atoms with Crippen molar-refractivity contribution in [3.05, 3.63) is 27.7 Å². The summed E-state index contributed by atoms with van der Waals surface area (Å²) >= 11 is 15.4. The summed E-state index contributed by atoms with van der Waals surface area (Å²) < 4.78 is 0. The maximum absolute atomic E-state index is 11.7. The Hall–Kier alpha value is -0.250. The van der Waals surface area contributed by atoms with Gasteiger partial charge in [-0.2, -0.15) is 0 Å². The van der Waals surface area contributed by atoms with E-state index in [1.807, 2.05) is 13.0 Å². The second kappa shape index (κ2) is 7.24. The Morgan fingerprint density at radius 3 is 2.71 bits per heavy atom. The first-order chi connectivity index (χ1) is 8.06. The molecular formula is C12H14BrCl2NO. The Morgan fingerprint density at radius 2 is 2.06 bits per heavy atom. The zero-order valence-electron chi connectivity index (χ0n) is 9.53. The summed E-state index contributed by atoms with van der Waals surface area (Å²) in [6.07, 6.45) is 2.30. The van der Waals surface area contributed by atoms with Crippen LogP contribution in [-0.2, 0) is 4.79 Å². The molecule has 1 N–H and O–H groups in total. The van der Waals surface area contributed by atoms with E-state index in [1.54, 1.807) is 6.07 Å². The van der Waals surface area contributed by atoms with Gasteiger partial charge in [0.1, 0.15) is 0 Å². The van der Waals surface area contributed by atoms with Gasteiger partial charge < -0.3 is 5.32 Å². The zero-order chi connectivity index (χ0) is 12.8. The molecule has 0 aliphatic rings. The average Bonchev–Trinajstić information content (AvgIpc) is 2.30. The van der Waals surface area contributed by atoms with Gasteiger partial charge in [0.25, 0.3) is 0 Å². The van der Waals surface area contributed by atoms with Crippen LogP contribution < -0.4 is 5.32 Å². The maximum atomic E-state index is 11.7. The molecule has 0 fully saturated rings. The second-order valence-electron chi connectivity index (χ2n) is 3.75. The van der Waals surface area contributed by atoms with Gasteiger partial charge in [-0.25, -0.2) is 0 Å². The topological polar surface area (TPSA) is 29.1 Å². The van der Waals surface area contributed by atoms with E-state index in [9.17, 15) is 4.79 Å². The molecule has 2 nitrogen and oxygen atoms in total. The molecule has 0 saturated heterocycles. The van der Waals surface area contributed by atoms with Crippen LogP contribution in [0.3, 0.4) is 0 Å². The fourth-order valence-electron chi connectivity index (χ4n) is 1.35. The summed E-state index contributed by atoms with van der Waals surface area (Å²) in [6.45, 7) is 1.87. The first-order valence-corrected chi connectivity index (χ1v) is 7.24. The Balaban J connectivity index is 2.68. The van der Waals surface area contributed by atoms with Gasteiger partial charge in [0.15, 0.2) is 0 Å². The third-order valence-electron chi connectivity index (χ3n) is 2.34. The number of rotatable bonds is 5. The van der Waals surface area contributed by atoms with Gasteiger partial charge in [-0.15, -0.1) is 0 Å². The number of anilines is 1. The van der Waals surface area contributed by atoms with Crippen molar-refractivity contribution in [2.45, 2.75) is 26.2 Å². The van der Waals surface area contributed by atoms with E-state index in [0.29, 0.717) is 22.2 Å². The minimum Gasteiger partial charge on any atom is -0.324 e. The number of carbonyl (C=O) groups excluding carboxylic acids is 1. The summed E-state index contributed by atoms with van der Waals surface area (Å²) in [5.41, 5.74) is 1.41. The number of unbranched alkanes of at least 4 members (excludes halogenated alkanes) is 1. The second-order valence-corrected chi connectivity index (χ2v) is 5.33. The predicted octanol–water partition coefficient (Wildman–Crippen LogP) is 4.81. The number of carbonyl (C=O) groups is 1. The molecule has 0 unspecified atom stereocenters. The number of hydrogen-bond acceptors (Lipinski definition) is 1. The lowest BCUT2D eigenvalue weighted by Gasteiger charge is -2.10. The highest BCUT2D eigenvalue weighted by Crippen LogP contribution is 2.32. The molecular weight excluding hydrogens is 325 g/mol. The lowest BCUT2D eigenvalue weighted by Crippen LogP contribution is -2.12. The molecule has 1 aromatic carbocycles. The lowest BCUT2D eigenvalue weighted by molar-refractivity contribution is -0.116. The summed E-state index contributed by atoms with van der Waals surface area (Å²) in [5, 5.41) is 4.64. The number of aryl methyl sites for hydroxylation is 1. The normalized spacial score (nSPS) is 10.4. The van der Waals surface area contributed by atoms with Crippen LogP contribution in [0.1, 0.15) is 24.8 Å². The Bertz CT molecular complexity index is 410. The minimum absolute atomic E-state index is 0.0552. The van der Waals surface area contributed by atoms with Crippen LogP contribution in [0.2, 0.25) is 10.0 Å². The van der Waals surface area contributed by atoms with Crippen LogP contribution in [0.25, 0.3) is 0 Å². The van der Waals surface area contributed by atoms with Crippen molar-refractivity contribution in [1.29, 1.82) is 0 Å². The molecule has 0 aromatic heterocycles. The summed E-state index contributed by atoms with van der Waals surface area (Å²) in [4.78, 5) is 11.7. The van der Waals surface area contributed by atoms with Crippen molar-refractivity contribution in [3.8, 4) is 0 Å². The van der Waals surface area contributed by atoms with Gasteiger partial charge in [0.2, 0.25) is 5.91 Å². The van der Waals surface area contributed by atoms with E-state index >= 15 is 0 Å². The fraction of sp³-hybridized carbons (Fsp3) is 0.417. The quantitative estimate of drug-likeness (QED) is 0.606. The molecule has 0 heterocycles. The third kappa shape index (κ3) is 4.49. The van der Waals surface area contributed by atoms with Crippen molar-refractivity contribution >= 4 is 50.7 Å². The highest BCUT2D eigenvalue weighted by atomic mass is 79.9. The SMILES string of the molecule is Cc1ccc(Cl)c(NC(=O)CCCCBr)c1Cl. The van der Waals surface area contributed by atoms with E-state index in [1.165, 1.54) is 0 Å². The van der Waals surface area contributed by atoms with E-state index in [2.05, 4.69) is 21.2 Å². The number of halogens is 3. The van der Waals surface area contributed by atoms with Crippen molar-refractivity contribution in [2.75, 3.05) is 10.6 Å². The standard InChI is InChI=1S/C12H14BrCl2NO/c1-8-5-6-9(14)12(11(8)15)16-10(17)4-2-3-7-13/h5-6H,2-4,7H2,1H3,(H,16,17). The number of nitrogens with one attached hydrogen (secondary N) is 1. The molecule has 0 aliphatic carbocycles. The summed E-state index contributed by atoms with van der Waals surface area (Å²) in [5.74, 6) is -0.0552. The molecule has 94 valence electrons. The third-order valence-corrected chi connectivity index (χ3v) is 3.70. The van der Waals surface area contributed by atoms with Crippen LogP contribution >= 0.6 is 39.1 Å². The van der Waals surface area contributed by atoms with Gasteiger partial charge in [-0.3, -0.25) is 4.79 Å². The molecule has 17 heavy (non-hydrogen) atoms. The number of hydrogen-bond donors (Lipinski definition) is 1. The monoisotopic (exact) mass is 337 g/mol. The Kier molecular flexibility index (Phi) is 6.31. The van der Waals surface area contributed by atoms with E-state index in [-0.39, 0.29) is 5.91 Å². The molecule has 1 amide bonds. The Labute approximate surface area is 120 Å². The number of alkyl halides is 1. The molecule has 1 rings (SSSR count). The number of benzene rings is 1. The van der Waals surface area contributed by atoms with Gasteiger partial charge in [-0.1, -0.05) is 45.2 Å². The highest BCUT2D eigenvalue weighted by molar-refractivity contribution is 9.09. The lowest BCUT2D eigenvalue weighted by atomic mass is 10.2. The van der Waals surface area contributed by atoms with Crippen LogP contribution in [0.5, 0.6) is 0 Å². The summed E-state index contributed by atoms with van der Waals surface area (Å²) in [6, 6.07) is 3.56. The molecule has 0 saturated carbocycles. The van der Waals surface area contributed by atoms with Crippen LogP contribution in [0.4, 0.5) is 5.69 Å². The van der Waals surface area contributed by atoms with Gasteiger partial charge in [0.05, 0.1) is 15.7 Å². The number of amides is 1. The smallest absolute Gasteiger partial charge is 0.224 e. The average molecular weight is 339 g/mol. The van der Waals surface area contributed by atoms with E-state index in [0.717, 1.165) is 23.7 Å².